The van der Waals surface area contributed by atoms with E-state index in [0.29, 0.717) is 19.3 Å². The minimum atomic E-state index is -0.259. The average molecular weight is 674 g/mol. The molecule has 0 fully saturated rings. The van der Waals surface area contributed by atoms with Crippen LogP contribution in [0.2, 0.25) is 0 Å². The number of carbonyl (C=O) groups is 2. The Morgan fingerprint density at radius 2 is 0.583 bits per heavy atom. The van der Waals surface area contributed by atoms with E-state index in [9.17, 15) is 9.59 Å². The Kier molecular flexibility index (Phi) is 38.5. The Balaban J connectivity index is 4.01. The topological polar surface area (TPSA) is 52.6 Å². The molecule has 0 aromatic heterocycles. The second kappa shape index (κ2) is 39.9. The zero-order valence-electron chi connectivity index (χ0n) is 32.5. The summed E-state index contributed by atoms with van der Waals surface area (Å²) in [6, 6.07) is 0. The monoisotopic (exact) mass is 674 g/mol. The van der Waals surface area contributed by atoms with Crippen LogP contribution in [-0.2, 0) is 19.1 Å². The first kappa shape index (κ1) is 46.4. The first-order valence-electron chi connectivity index (χ1n) is 21.2. The lowest BCUT2D eigenvalue weighted by atomic mass is 10.1. The van der Waals surface area contributed by atoms with Gasteiger partial charge in [-0.25, -0.2) is 0 Å². The Morgan fingerprint density at radius 3 is 0.896 bits per heavy atom. The van der Waals surface area contributed by atoms with Crippen molar-refractivity contribution in [2.24, 2.45) is 0 Å². The minimum absolute atomic E-state index is 0.224. The van der Waals surface area contributed by atoms with E-state index in [-0.39, 0.29) is 18.2 Å². The van der Waals surface area contributed by atoms with Gasteiger partial charge in [0.25, 0.3) is 0 Å². The lowest BCUT2D eigenvalue weighted by molar-refractivity contribution is -0.165. The molecule has 0 heterocycles. The van der Waals surface area contributed by atoms with Gasteiger partial charge in [-0.2, -0.15) is 0 Å². The first-order valence-corrected chi connectivity index (χ1v) is 21.2. The van der Waals surface area contributed by atoms with Crippen molar-refractivity contribution in [3.8, 4) is 0 Å². The van der Waals surface area contributed by atoms with Crippen molar-refractivity contribution in [1.82, 2.24) is 0 Å². The van der Waals surface area contributed by atoms with Gasteiger partial charge < -0.3 is 9.47 Å². The molecule has 0 saturated heterocycles. The fourth-order valence-electron chi connectivity index (χ4n) is 6.03. The van der Waals surface area contributed by atoms with Crippen LogP contribution in [0.3, 0.4) is 0 Å². The summed E-state index contributed by atoms with van der Waals surface area (Å²) in [5.74, 6) is -0.519. The van der Waals surface area contributed by atoms with Crippen LogP contribution < -0.4 is 0 Å². The van der Waals surface area contributed by atoms with Crippen LogP contribution in [0, 0.1) is 6.29 Å². The summed E-state index contributed by atoms with van der Waals surface area (Å²) < 4.78 is 11.2. The molecule has 0 aliphatic carbocycles. The van der Waals surface area contributed by atoms with E-state index in [4.69, 9.17) is 9.47 Å². The lowest BCUT2D eigenvalue weighted by Crippen LogP contribution is -2.18. The summed E-state index contributed by atoms with van der Waals surface area (Å²) in [7, 11) is 0. The molecule has 0 aliphatic heterocycles. The third-order valence-corrected chi connectivity index (χ3v) is 9.23. The van der Waals surface area contributed by atoms with Crippen LogP contribution in [-0.4, -0.2) is 11.9 Å². The molecule has 0 aliphatic rings. The van der Waals surface area contributed by atoms with Gasteiger partial charge in [0.15, 0.2) is 0 Å². The molecule has 0 rings (SSSR count). The van der Waals surface area contributed by atoms with Gasteiger partial charge in [0, 0.05) is 19.3 Å². The van der Waals surface area contributed by atoms with Crippen LogP contribution >= 0.6 is 0 Å². The van der Waals surface area contributed by atoms with Crippen molar-refractivity contribution < 1.29 is 19.1 Å². The van der Waals surface area contributed by atoms with Crippen LogP contribution in [0.15, 0.2) is 24.3 Å². The van der Waals surface area contributed by atoms with Gasteiger partial charge in [0.1, 0.15) is 0 Å². The van der Waals surface area contributed by atoms with E-state index in [2.05, 4.69) is 45.1 Å². The number of esters is 2. The second-order valence-electron chi connectivity index (χ2n) is 14.2. The predicted octanol–water partition coefficient (Wildman–Crippen LogP) is 15.0. The molecular formula is C44H81O4. The molecule has 0 aromatic rings. The van der Waals surface area contributed by atoms with Crippen molar-refractivity contribution in [3.63, 3.8) is 0 Å². The number of unbranched alkanes of at least 4 members (excludes halogenated alkanes) is 26. The molecule has 0 amide bonds. The van der Waals surface area contributed by atoms with Gasteiger partial charge in [-0.15, -0.1) is 0 Å². The van der Waals surface area contributed by atoms with E-state index >= 15 is 0 Å². The molecule has 0 bridgehead atoms. The SMILES string of the molecule is CCCCCCCC/C=C\CCCCCCCC(=O)O[C](CCCCCCC)OC(=O)CCCCCCC/C=C\CCCCCCCC. The maximum atomic E-state index is 12.6. The summed E-state index contributed by atoms with van der Waals surface area (Å²) in [5, 5.41) is 0. The number of rotatable bonds is 38. The molecule has 1 radical (unpaired) electrons. The highest BCUT2D eigenvalue weighted by Crippen LogP contribution is 2.20. The van der Waals surface area contributed by atoms with E-state index in [1.807, 2.05) is 0 Å². The van der Waals surface area contributed by atoms with Crippen molar-refractivity contribution in [2.45, 2.75) is 239 Å². The van der Waals surface area contributed by atoms with Gasteiger partial charge in [0.05, 0.1) is 0 Å². The number of ether oxygens (including phenoxy) is 2. The van der Waals surface area contributed by atoms with Gasteiger partial charge in [-0.1, -0.05) is 173 Å². The highest BCUT2D eigenvalue weighted by Gasteiger charge is 2.21. The van der Waals surface area contributed by atoms with Crippen molar-refractivity contribution in [1.29, 1.82) is 0 Å². The molecule has 0 unspecified atom stereocenters. The molecule has 281 valence electrons. The molecule has 48 heavy (non-hydrogen) atoms. The minimum Gasteiger partial charge on any atom is -0.414 e. The molecule has 0 saturated carbocycles. The van der Waals surface area contributed by atoms with Crippen LogP contribution in [0.25, 0.3) is 0 Å². The van der Waals surface area contributed by atoms with Gasteiger partial charge in [0.2, 0.25) is 0 Å². The summed E-state index contributed by atoms with van der Waals surface area (Å²) >= 11 is 0. The van der Waals surface area contributed by atoms with Gasteiger partial charge in [-0.3, -0.25) is 9.59 Å². The molecule has 0 N–H and O–H groups in total. The first-order chi connectivity index (χ1) is 23.6. The van der Waals surface area contributed by atoms with Crippen molar-refractivity contribution in [2.75, 3.05) is 0 Å². The molecule has 0 spiro atoms. The molecule has 4 nitrogen and oxygen atoms in total. The fraction of sp³-hybridized carbons (Fsp3) is 0.841. The lowest BCUT2D eigenvalue weighted by Gasteiger charge is -2.16. The average Bonchev–Trinajstić information content (AvgIpc) is 3.08. The van der Waals surface area contributed by atoms with Gasteiger partial charge in [-0.05, 0) is 70.6 Å². The smallest absolute Gasteiger partial charge is 0.334 e. The van der Waals surface area contributed by atoms with E-state index in [0.717, 1.165) is 70.6 Å². The third kappa shape index (κ3) is 37.2. The second-order valence-corrected chi connectivity index (χ2v) is 14.2. The molecule has 0 aromatic carbocycles. The summed E-state index contributed by atoms with van der Waals surface area (Å²) in [6.45, 7) is 6.74. The summed E-state index contributed by atoms with van der Waals surface area (Å²) in [4.78, 5) is 25.1. The normalized spacial score (nSPS) is 11.8. The highest BCUT2D eigenvalue weighted by molar-refractivity contribution is 5.72. The highest BCUT2D eigenvalue weighted by atomic mass is 16.7. The Labute approximate surface area is 300 Å². The van der Waals surface area contributed by atoms with Crippen molar-refractivity contribution in [3.05, 3.63) is 30.6 Å². The maximum Gasteiger partial charge on any atom is 0.334 e. The Bertz CT molecular complexity index is 673. The van der Waals surface area contributed by atoms with E-state index < -0.39 is 0 Å². The maximum absolute atomic E-state index is 12.6. The third-order valence-electron chi connectivity index (χ3n) is 9.23. The van der Waals surface area contributed by atoms with Crippen molar-refractivity contribution >= 4 is 11.9 Å². The molecule has 4 heteroatoms. The number of hydrogen-bond acceptors (Lipinski definition) is 4. The van der Waals surface area contributed by atoms with Crippen LogP contribution in [0.1, 0.15) is 239 Å². The number of hydrogen-bond donors (Lipinski definition) is 0. The predicted molar refractivity (Wildman–Crippen MR) is 208 cm³/mol. The summed E-state index contributed by atoms with van der Waals surface area (Å²) in [5.41, 5.74) is 0. The molecular weight excluding hydrogens is 592 g/mol. The standard InChI is InChI=1S/C44H81O4/c1-4-7-10-13-15-17-19-21-23-25-27-29-31-34-36-39-42(45)47-44(41-38-33-12-9-6-3)48-43(46)40-37-35-32-30-28-26-24-22-20-18-16-14-11-8-5-2/h21-24H,4-20,25-41H2,1-3H3/b23-21-,24-22-. The summed E-state index contributed by atoms with van der Waals surface area (Å²) in [6.07, 6.45) is 48.5. The number of allylic oxidation sites excluding steroid dienone is 4. The van der Waals surface area contributed by atoms with E-state index in [1.54, 1.807) is 0 Å². The quantitative estimate of drug-likeness (QED) is 0.0372. The largest absolute Gasteiger partial charge is 0.414 e. The number of carbonyl (C=O) groups excluding carboxylic acids is 2. The van der Waals surface area contributed by atoms with Crippen LogP contribution in [0.4, 0.5) is 0 Å². The fourth-order valence-corrected chi connectivity index (χ4v) is 6.03. The zero-order chi connectivity index (χ0) is 35.0. The Hall–Kier alpha value is -1.58. The Morgan fingerprint density at radius 1 is 0.333 bits per heavy atom. The van der Waals surface area contributed by atoms with E-state index in [1.165, 1.54) is 128 Å². The molecule has 0 atom stereocenters. The van der Waals surface area contributed by atoms with Crippen LogP contribution in [0.5, 0.6) is 0 Å². The zero-order valence-corrected chi connectivity index (χ0v) is 32.5. The van der Waals surface area contributed by atoms with Gasteiger partial charge >= 0.3 is 18.2 Å².